The van der Waals surface area contributed by atoms with Crippen LogP contribution in [-0.4, -0.2) is 27.6 Å². The topological polar surface area (TPSA) is 66.2 Å². The minimum atomic E-state index is -0.475. The van der Waals surface area contributed by atoms with Crippen molar-refractivity contribution >= 4 is 5.97 Å². The van der Waals surface area contributed by atoms with Gasteiger partial charge in [0, 0.05) is 12.4 Å². The van der Waals surface area contributed by atoms with E-state index in [0.717, 1.165) is 16.9 Å². The smallest absolute Gasteiger partial charge is 0.357 e. The number of carbonyl (C=O) groups excluding carboxylic acids is 1. The molecule has 0 spiro atoms. The maximum absolute atomic E-state index is 12.2. The molecular weight excluding hydrogens is 306 g/mol. The molecule has 0 saturated carbocycles. The fourth-order valence-corrected chi connectivity index (χ4v) is 2.25. The molecule has 0 atom stereocenters. The van der Waals surface area contributed by atoms with Crippen LogP contribution >= 0.6 is 0 Å². The van der Waals surface area contributed by atoms with Crippen molar-refractivity contribution in [1.82, 2.24) is 14.5 Å². The predicted octanol–water partition coefficient (Wildman–Crippen LogP) is 2.94. The second-order valence-corrected chi connectivity index (χ2v) is 5.23. The molecule has 0 unspecified atom stereocenters. The van der Waals surface area contributed by atoms with Crippen LogP contribution in [0.2, 0.25) is 0 Å². The average Bonchev–Trinajstić information content (AvgIpc) is 3.15. The Morgan fingerprint density at radius 3 is 2.88 bits per heavy atom. The van der Waals surface area contributed by atoms with E-state index in [2.05, 4.69) is 9.97 Å². The number of methoxy groups -OCH3 is 1. The molecule has 6 nitrogen and oxygen atoms in total. The molecule has 0 saturated heterocycles. The number of hydrogen-bond acceptors (Lipinski definition) is 5. The van der Waals surface area contributed by atoms with E-state index in [1.165, 1.54) is 0 Å². The molecule has 0 bridgehead atoms. The minimum absolute atomic E-state index is 0.159. The van der Waals surface area contributed by atoms with E-state index in [1.807, 2.05) is 25.1 Å². The van der Waals surface area contributed by atoms with Gasteiger partial charge in [0.05, 0.1) is 7.11 Å². The molecule has 0 aliphatic rings. The monoisotopic (exact) mass is 323 g/mol. The lowest BCUT2D eigenvalue weighted by atomic mass is 10.1. The third kappa shape index (κ3) is 3.43. The quantitative estimate of drug-likeness (QED) is 0.675. The first-order chi connectivity index (χ1) is 11.7. The van der Waals surface area contributed by atoms with Gasteiger partial charge < -0.3 is 9.47 Å². The van der Waals surface area contributed by atoms with Gasteiger partial charge in [0.1, 0.15) is 24.5 Å². The third-order valence-electron chi connectivity index (χ3n) is 3.55. The van der Waals surface area contributed by atoms with Crippen LogP contribution in [0.25, 0.3) is 5.82 Å². The molecule has 1 aromatic carbocycles. The van der Waals surface area contributed by atoms with Gasteiger partial charge in [-0.05, 0) is 36.2 Å². The number of carbonyl (C=O) groups is 1. The Balaban J connectivity index is 1.70. The number of benzene rings is 1. The average molecular weight is 323 g/mol. The number of ether oxygens (including phenoxy) is 2. The van der Waals surface area contributed by atoms with Crippen LogP contribution in [-0.2, 0) is 11.3 Å². The summed E-state index contributed by atoms with van der Waals surface area (Å²) in [6.45, 7) is 2.12. The van der Waals surface area contributed by atoms with Crippen LogP contribution in [0.3, 0.4) is 0 Å². The lowest BCUT2D eigenvalue weighted by Gasteiger charge is -2.09. The van der Waals surface area contributed by atoms with Crippen molar-refractivity contribution in [2.75, 3.05) is 7.11 Å². The Bertz CT molecular complexity index is 844. The molecule has 0 N–H and O–H groups in total. The summed E-state index contributed by atoms with van der Waals surface area (Å²) in [5.74, 6) is 0.902. The molecular formula is C18H17N3O3. The van der Waals surface area contributed by atoms with Gasteiger partial charge in [0.15, 0.2) is 5.69 Å². The fourth-order valence-electron chi connectivity index (χ4n) is 2.25. The standard InChI is InChI=1S/C18H17N3O3/c1-13-6-7-14(10-16(13)23-2)11-24-18(22)15-4-3-5-17(20-15)21-9-8-19-12-21/h3-10,12H,11H2,1-2H3. The number of esters is 1. The van der Waals surface area contributed by atoms with E-state index in [0.29, 0.717) is 5.82 Å². The summed E-state index contributed by atoms with van der Waals surface area (Å²) < 4.78 is 12.3. The summed E-state index contributed by atoms with van der Waals surface area (Å²) in [6, 6.07) is 10.9. The van der Waals surface area contributed by atoms with E-state index in [1.54, 1.807) is 48.6 Å². The second kappa shape index (κ2) is 6.95. The first-order valence-electron chi connectivity index (χ1n) is 7.43. The maximum atomic E-state index is 12.2. The van der Waals surface area contributed by atoms with Gasteiger partial charge in [0.2, 0.25) is 0 Å². The molecule has 3 rings (SSSR count). The predicted molar refractivity (Wildman–Crippen MR) is 88.2 cm³/mol. The van der Waals surface area contributed by atoms with Gasteiger partial charge in [-0.15, -0.1) is 0 Å². The summed E-state index contributed by atoms with van der Waals surface area (Å²) in [4.78, 5) is 20.5. The Morgan fingerprint density at radius 2 is 2.12 bits per heavy atom. The number of aromatic nitrogens is 3. The SMILES string of the molecule is COc1cc(COC(=O)c2cccc(-n3ccnc3)n2)ccc1C. The number of pyridine rings is 1. The zero-order chi connectivity index (χ0) is 16.9. The lowest BCUT2D eigenvalue weighted by Crippen LogP contribution is -2.09. The third-order valence-corrected chi connectivity index (χ3v) is 3.55. The number of rotatable bonds is 5. The van der Waals surface area contributed by atoms with Gasteiger partial charge in [-0.1, -0.05) is 18.2 Å². The van der Waals surface area contributed by atoms with E-state index in [-0.39, 0.29) is 12.3 Å². The number of hydrogen-bond donors (Lipinski definition) is 0. The minimum Gasteiger partial charge on any atom is -0.496 e. The maximum Gasteiger partial charge on any atom is 0.357 e. The van der Waals surface area contributed by atoms with Gasteiger partial charge in [0.25, 0.3) is 0 Å². The van der Waals surface area contributed by atoms with Crippen molar-refractivity contribution in [3.05, 3.63) is 71.9 Å². The molecule has 3 aromatic rings. The van der Waals surface area contributed by atoms with Crippen LogP contribution in [0.1, 0.15) is 21.6 Å². The Labute approximate surface area is 139 Å². The molecule has 24 heavy (non-hydrogen) atoms. The van der Waals surface area contributed by atoms with Crippen molar-refractivity contribution in [2.24, 2.45) is 0 Å². The highest BCUT2D eigenvalue weighted by molar-refractivity contribution is 5.87. The van der Waals surface area contributed by atoms with Crippen LogP contribution in [0.4, 0.5) is 0 Å². The van der Waals surface area contributed by atoms with Gasteiger partial charge in [-0.3, -0.25) is 4.57 Å². The Morgan fingerprint density at radius 1 is 1.25 bits per heavy atom. The number of aryl methyl sites for hydroxylation is 1. The molecule has 2 heterocycles. The molecule has 0 aliphatic carbocycles. The highest BCUT2D eigenvalue weighted by atomic mass is 16.5. The number of imidazole rings is 1. The highest BCUT2D eigenvalue weighted by Crippen LogP contribution is 2.19. The second-order valence-electron chi connectivity index (χ2n) is 5.23. The Hall–Kier alpha value is -3.15. The van der Waals surface area contributed by atoms with E-state index >= 15 is 0 Å². The molecule has 122 valence electrons. The summed E-state index contributed by atoms with van der Waals surface area (Å²) >= 11 is 0. The van der Waals surface area contributed by atoms with Crippen molar-refractivity contribution in [3.8, 4) is 11.6 Å². The Kier molecular flexibility index (Phi) is 4.56. The summed E-state index contributed by atoms with van der Waals surface area (Å²) in [5.41, 5.74) is 2.14. The van der Waals surface area contributed by atoms with E-state index < -0.39 is 5.97 Å². The van der Waals surface area contributed by atoms with Crippen molar-refractivity contribution in [3.63, 3.8) is 0 Å². The molecule has 0 aliphatic heterocycles. The summed E-state index contributed by atoms with van der Waals surface area (Å²) in [6.07, 6.45) is 5.03. The molecule has 0 fully saturated rings. The van der Waals surface area contributed by atoms with Gasteiger partial charge in [-0.2, -0.15) is 0 Å². The summed E-state index contributed by atoms with van der Waals surface area (Å²) in [5, 5.41) is 0. The fraction of sp³-hybridized carbons (Fsp3) is 0.167. The zero-order valence-electron chi connectivity index (χ0n) is 13.5. The van der Waals surface area contributed by atoms with Gasteiger partial charge in [-0.25, -0.2) is 14.8 Å². The van der Waals surface area contributed by atoms with E-state index in [9.17, 15) is 4.79 Å². The first-order valence-corrected chi connectivity index (χ1v) is 7.43. The number of nitrogens with zero attached hydrogens (tertiary/aromatic N) is 3. The van der Waals surface area contributed by atoms with Crippen LogP contribution in [0.5, 0.6) is 5.75 Å². The van der Waals surface area contributed by atoms with Crippen molar-refractivity contribution < 1.29 is 14.3 Å². The normalized spacial score (nSPS) is 10.4. The largest absolute Gasteiger partial charge is 0.496 e. The van der Waals surface area contributed by atoms with E-state index in [4.69, 9.17) is 9.47 Å². The van der Waals surface area contributed by atoms with Crippen LogP contribution < -0.4 is 4.74 Å². The first kappa shape index (κ1) is 15.7. The van der Waals surface area contributed by atoms with Crippen molar-refractivity contribution in [1.29, 1.82) is 0 Å². The highest BCUT2D eigenvalue weighted by Gasteiger charge is 2.11. The zero-order valence-corrected chi connectivity index (χ0v) is 13.5. The summed E-state index contributed by atoms with van der Waals surface area (Å²) in [7, 11) is 1.61. The molecule has 6 heteroatoms. The van der Waals surface area contributed by atoms with Crippen molar-refractivity contribution in [2.45, 2.75) is 13.5 Å². The lowest BCUT2D eigenvalue weighted by molar-refractivity contribution is 0.0465. The molecule has 0 radical (unpaired) electrons. The molecule has 0 amide bonds. The van der Waals surface area contributed by atoms with Gasteiger partial charge >= 0.3 is 5.97 Å². The van der Waals surface area contributed by atoms with Crippen LogP contribution in [0, 0.1) is 6.92 Å². The van der Waals surface area contributed by atoms with Crippen LogP contribution in [0.15, 0.2) is 55.1 Å². The molecule has 2 aromatic heterocycles.